The molecule has 0 aromatic heterocycles. The van der Waals surface area contributed by atoms with E-state index in [1.54, 1.807) is 0 Å². The lowest BCUT2D eigenvalue weighted by Crippen LogP contribution is -2.25. The van der Waals surface area contributed by atoms with Gasteiger partial charge in [-0.2, -0.15) is 0 Å². The maximum Gasteiger partial charge on any atom is 0.119 e. The van der Waals surface area contributed by atoms with E-state index in [0.717, 1.165) is 23.8 Å². The molecule has 1 aromatic rings. The first-order chi connectivity index (χ1) is 7.34. The maximum atomic E-state index is 5.65. The van der Waals surface area contributed by atoms with Crippen molar-refractivity contribution in [2.24, 2.45) is 0 Å². The molecule has 0 unspecified atom stereocenters. The first kappa shape index (κ1) is 10.8. The Labute approximate surface area is 96.6 Å². The Bertz CT molecular complexity index is 293. The van der Waals surface area contributed by atoms with E-state index < -0.39 is 0 Å². The molecular weight excluding hydrogens is 206 g/mol. The van der Waals surface area contributed by atoms with Gasteiger partial charge in [0.1, 0.15) is 12.4 Å². The van der Waals surface area contributed by atoms with Crippen LogP contribution in [0.15, 0.2) is 29.2 Å². The average Bonchev–Trinajstić information content (AvgIpc) is 2.74. The van der Waals surface area contributed by atoms with Crippen LogP contribution in [0, 0.1) is 0 Å². The molecule has 1 heterocycles. The third kappa shape index (κ3) is 3.43. The number of hydrogen-bond acceptors (Lipinski definition) is 3. The van der Waals surface area contributed by atoms with E-state index >= 15 is 0 Å². The highest BCUT2D eigenvalue weighted by atomic mass is 32.1. The Hall–Kier alpha value is -0.670. The Morgan fingerprint density at radius 1 is 1.13 bits per heavy atom. The van der Waals surface area contributed by atoms with Crippen LogP contribution in [0.4, 0.5) is 0 Å². The molecule has 1 aromatic carbocycles. The Morgan fingerprint density at radius 3 is 2.47 bits per heavy atom. The molecule has 1 aliphatic rings. The van der Waals surface area contributed by atoms with E-state index in [0.29, 0.717) is 0 Å². The van der Waals surface area contributed by atoms with E-state index in [4.69, 9.17) is 4.74 Å². The van der Waals surface area contributed by atoms with Gasteiger partial charge >= 0.3 is 0 Å². The van der Waals surface area contributed by atoms with Gasteiger partial charge in [-0.05, 0) is 50.2 Å². The first-order valence-corrected chi connectivity index (χ1v) is 5.93. The molecule has 15 heavy (non-hydrogen) atoms. The number of likely N-dealkylation sites (tertiary alicyclic amines) is 1. The largest absolute Gasteiger partial charge is 0.492 e. The average molecular weight is 223 g/mol. The molecular formula is C12H17NOS. The van der Waals surface area contributed by atoms with E-state index in [1.165, 1.54) is 25.9 Å². The Kier molecular flexibility index (Phi) is 3.92. The van der Waals surface area contributed by atoms with Crippen LogP contribution in [0.3, 0.4) is 0 Å². The zero-order valence-corrected chi connectivity index (χ0v) is 9.75. The van der Waals surface area contributed by atoms with Crippen molar-refractivity contribution < 1.29 is 4.74 Å². The molecule has 0 N–H and O–H groups in total. The van der Waals surface area contributed by atoms with Gasteiger partial charge in [0.2, 0.25) is 0 Å². The summed E-state index contributed by atoms with van der Waals surface area (Å²) in [7, 11) is 0. The molecule has 0 spiro atoms. The van der Waals surface area contributed by atoms with Crippen LogP contribution < -0.4 is 4.74 Å². The summed E-state index contributed by atoms with van der Waals surface area (Å²) in [6, 6.07) is 7.83. The van der Waals surface area contributed by atoms with Gasteiger partial charge in [0.25, 0.3) is 0 Å². The summed E-state index contributed by atoms with van der Waals surface area (Å²) in [6.45, 7) is 4.30. The highest BCUT2D eigenvalue weighted by Gasteiger charge is 2.10. The first-order valence-electron chi connectivity index (χ1n) is 5.49. The highest BCUT2D eigenvalue weighted by Crippen LogP contribution is 2.14. The van der Waals surface area contributed by atoms with E-state index in [2.05, 4.69) is 17.5 Å². The molecule has 0 bridgehead atoms. The summed E-state index contributed by atoms with van der Waals surface area (Å²) in [5.74, 6) is 0.937. The van der Waals surface area contributed by atoms with Crippen molar-refractivity contribution in [2.45, 2.75) is 17.7 Å². The van der Waals surface area contributed by atoms with Crippen LogP contribution in [-0.2, 0) is 0 Å². The SMILES string of the molecule is Sc1ccc(OCCN2CCCC2)cc1. The van der Waals surface area contributed by atoms with Gasteiger partial charge in [0.05, 0.1) is 0 Å². The Balaban J connectivity index is 1.71. The molecule has 82 valence electrons. The third-order valence-corrected chi connectivity index (χ3v) is 3.01. The normalized spacial score (nSPS) is 16.9. The monoisotopic (exact) mass is 223 g/mol. The van der Waals surface area contributed by atoms with E-state index in [1.807, 2.05) is 24.3 Å². The zero-order chi connectivity index (χ0) is 10.5. The van der Waals surface area contributed by atoms with Crippen molar-refractivity contribution in [1.29, 1.82) is 0 Å². The minimum atomic E-state index is 0.784. The summed E-state index contributed by atoms with van der Waals surface area (Å²) in [4.78, 5) is 3.43. The molecule has 2 nitrogen and oxygen atoms in total. The van der Waals surface area contributed by atoms with Crippen LogP contribution in [-0.4, -0.2) is 31.1 Å². The smallest absolute Gasteiger partial charge is 0.119 e. The summed E-state index contributed by atoms with van der Waals surface area (Å²) in [5.41, 5.74) is 0. The fraction of sp³-hybridized carbons (Fsp3) is 0.500. The number of hydrogen-bond donors (Lipinski definition) is 1. The predicted octanol–water partition coefficient (Wildman–Crippen LogP) is 2.45. The second-order valence-corrected chi connectivity index (χ2v) is 4.41. The van der Waals surface area contributed by atoms with E-state index in [-0.39, 0.29) is 0 Å². The summed E-state index contributed by atoms with van der Waals surface area (Å²) in [5, 5.41) is 0. The Morgan fingerprint density at radius 2 is 1.80 bits per heavy atom. The molecule has 0 radical (unpaired) electrons. The second kappa shape index (κ2) is 5.42. The lowest BCUT2D eigenvalue weighted by Gasteiger charge is -2.14. The minimum Gasteiger partial charge on any atom is -0.492 e. The lowest BCUT2D eigenvalue weighted by atomic mass is 10.3. The van der Waals surface area contributed by atoms with Gasteiger partial charge < -0.3 is 4.74 Å². The fourth-order valence-corrected chi connectivity index (χ4v) is 1.99. The van der Waals surface area contributed by atoms with Crippen LogP contribution in [0.25, 0.3) is 0 Å². The van der Waals surface area contributed by atoms with Gasteiger partial charge in [-0.25, -0.2) is 0 Å². The molecule has 2 rings (SSSR count). The summed E-state index contributed by atoms with van der Waals surface area (Å²) >= 11 is 4.23. The molecule has 0 amide bonds. The number of nitrogens with zero attached hydrogens (tertiary/aromatic N) is 1. The van der Waals surface area contributed by atoms with Gasteiger partial charge in [-0.15, -0.1) is 12.6 Å². The standard InChI is InChI=1S/C12H17NOS/c15-12-5-3-11(4-6-12)14-10-9-13-7-1-2-8-13/h3-6,15H,1-2,7-10H2. The molecule has 0 saturated carbocycles. The molecule has 1 aliphatic heterocycles. The summed E-state index contributed by atoms with van der Waals surface area (Å²) in [6.07, 6.45) is 2.68. The molecule has 1 fully saturated rings. The molecule has 1 saturated heterocycles. The second-order valence-electron chi connectivity index (χ2n) is 3.89. The minimum absolute atomic E-state index is 0.784. The van der Waals surface area contributed by atoms with Crippen molar-refractivity contribution >= 4 is 12.6 Å². The van der Waals surface area contributed by atoms with Gasteiger partial charge in [0.15, 0.2) is 0 Å². The van der Waals surface area contributed by atoms with Crippen molar-refractivity contribution in [3.63, 3.8) is 0 Å². The van der Waals surface area contributed by atoms with Gasteiger partial charge in [-0.3, -0.25) is 4.90 Å². The number of benzene rings is 1. The molecule has 0 atom stereocenters. The fourth-order valence-electron chi connectivity index (χ4n) is 1.84. The van der Waals surface area contributed by atoms with Crippen molar-refractivity contribution in [1.82, 2.24) is 4.90 Å². The van der Waals surface area contributed by atoms with Crippen LogP contribution in [0.2, 0.25) is 0 Å². The molecule has 3 heteroatoms. The zero-order valence-electron chi connectivity index (χ0n) is 8.85. The maximum absolute atomic E-state index is 5.65. The molecule has 0 aliphatic carbocycles. The topological polar surface area (TPSA) is 12.5 Å². The van der Waals surface area contributed by atoms with Crippen molar-refractivity contribution in [3.05, 3.63) is 24.3 Å². The van der Waals surface area contributed by atoms with Gasteiger partial charge in [-0.1, -0.05) is 0 Å². The number of ether oxygens (including phenoxy) is 1. The summed E-state index contributed by atoms with van der Waals surface area (Å²) < 4.78 is 5.65. The van der Waals surface area contributed by atoms with Gasteiger partial charge in [0, 0.05) is 11.4 Å². The van der Waals surface area contributed by atoms with Crippen LogP contribution >= 0.6 is 12.6 Å². The van der Waals surface area contributed by atoms with Crippen molar-refractivity contribution in [2.75, 3.05) is 26.2 Å². The van der Waals surface area contributed by atoms with Crippen LogP contribution in [0.1, 0.15) is 12.8 Å². The third-order valence-electron chi connectivity index (χ3n) is 2.71. The lowest BCUT2D eigenvalue weighted by molar-refractivity contribution is 0.237. The predicted molar refractivity (Wildman–Crippen MR) is 64.9 cm³/mol. The van der Waals surface area contributed by atoms with Crippen molar-refractivity contribution in [3.8, 4) is 5.75 Å². The van der Waals surface area contributed by atoms with Crippen LogP contribution in [0.5, 0.6) is 5.75 Å². The number of rotatable bonds is 4. The quantitative estimate of drug-likeness (QED) is 0.787. The number of thiol groups is 1. The highest BCUT2D eigenvalue weighted by molar-refractivity contribution is 7.80. The van der Waals surface area contributed by atoms with E-state index in [9.17, 15) is 0 Å².